The van der Waals surface area contributed by atoms with Crippen LogP contribution in [0.2, 0.25) is 5.02 Å². The van der Waals surface area contributed by atoms with Gasteiger partial charge in [0.05, 0.1) is 10.6 Å². The van der Waals surface area contributed by atoms with Crippen LogP contribution in [0.4, 0.5) is 5.69 Å². The molecule has 3 rings (SSSR count). The van der Waals surface area contributed by atoms with Gasteiger partial charge in [0.1, 0.15) is 12.6 Å². The van der Waals surface area contributed by atoms with E-state index in [0.29, 0.717) is 10.7 Å². The number of anilines is 1. The lowest BCUT2D eigenvalue weighted by molar-refractivity contribution is -0.140. The smallest absolute Gasteiger partial charge is 0.264 e. The van der Waals surface area contributed by atoms with Gasteiger partial charge in [-0.3, -0.25) is 13.9 Å². The summed E-state index contributed by atoms with van der Waals surface area (Å²) in [6.07, 6.45) is 0. The predicted molar refractivity (Wildman–Crippen MR) is 156 cm³/mol. The topological polar surface area (TPSA) is 86.8 Å². The van der Waals surface area contributed by atoms with Gasteiger partial charge in [0.25, 0.3) is 10.0 Å². The van der Waals surface area contributed by atoms with Crippen molar-refractivity contribution in [1.82, 2.24) is 10.2 Å². The molecule has 0 saturated carbocycles. The van der Waals surface area contributed by atoms with E-state index < -0.39 is 34.1 Å². The summed E-state index contributed by atoms with van der Waals surface area (Å²) >= 11 is 6.05. The van der Waals surface area contributed by atoms with Gasteiger partial charge in [-0.05, 0) is 88.6 Å². The highest BCUT2D eigenvalue weighted by molar-refractivity contribution is 7.92. The zero-order valence-corrected chi connectivity index (χ0v) is 24.8. The van der Waals surface area contributed by atoms with Crippen molar-refractivity contribution in [3.05, 3.63) is 94.5 Å². The SMILES string of the molecule is Cc1cccc(N(CC(=O)N(Cc2ccc(Cl)cc2)[C@@H](C)C(=O)NC(C)(C)C)S(=O)(=O)c2ccccc2)c1C. The van der Waals surface area contributed by atoms with Gasteiger partial charge < -0.3 is 10.2 Å². The van der Waals surface area contributed by atoms with Crippen LogP contribution in [0.5, 0.6) is 0 Å². The Morgan fingerprint density at radius 2 is 1.54 bits per heavy atom. The number of rotatable bonds is 9. The highest BCUT2D eigenvalue weighted by Crippen LogP contribution is 2.29. The molecule has 0 aliphatic heterocycles. The molecule has 1 atom stereocenters. The summed E-state index contributed by atoms with van der Waals surface area (Å²) in [5, 5.41) is 3.47. The van der Waals surface area contributed by atoms with Crippen LogP contribution < -0.4 is 9.62 Å². The number of sulfonamides is 1. The molecule has 9 heteroatoms. The van der Waals surface area contributed by atoms with E-state index in [2.05, 4.69) is 5.32 Å². The van der Waals surface area contributed by atoms with Crippen molar-refractivity contribution in [1.29, 1.82) is 0 Å². The molecule has 0 fully saturated rings. The Hall–Kier alpha value is -3.36. The van der Waals surface area contributed by atoms with Crippen LogP contribution in [-0.2, 0) is 26.2 Å². The third-order valence-electron chi connectivity index (χ3n) is 6.39. The fourth-order valence-electron chi connectivity index (χ4n) is 4.08. The summed E-state index contributed by atoms with van der Waals surface area (Å²) in [6.45, 7) is 10.5. The lowest BCUT2D eigenvalue weighted by Crippen LogP contribution is -2.54. The number of carbonyl (C=O) groups is 2. The summed E-state index contributed by atoms with van der Waals surface area (Å²) in [6, 6.07) is 19.5. The minimum Gasteiger partial charge on any atom is -0.350 e. The fraction of sp³-hybridized carbons (Fsp3) is 0.333. The van der Waals surface area contributed by atoms with Gasteiger partial charge in [0.15, 0.2) is 0 Å². The van der Waals surface area contributed by atoms with Crippen molar-refractivity contribution < 1.29 is 18.0 Å². The number of nitrogens with one attached hydrogen (secondary N) is 1. The Bertz CT molecular complexity index is 1420. The Kier molecular flexibility index (Phi) is 9.46. The van der Waals surface area contributed by atoms with E-state index in [1.165, 1.54) is 17.0 Å². The number of amides is 2. The molecule has 39 heavy (non-hydrogen) atoms. The predicted octanol–water partition coefficient (Wildman–Crippen LogP) is 5.48. The normalized spacial score (nSPS) is 12.5. The number of hydrogen-bond donors (Lipinski definition) is 1. The van der Waals surface area contributed by atoms with Crippen molar-refractivity contribution >= 4 is 39.1 Å². The van der Waals surface area contributed by atoms with E-state index in [1.54, 1.807) is 61.5 Å². The van der Waals surface area contributed by atoms with Crippen LogP contribution in [0.1, 0.15) is 44.4 Å². The number of carbonyl (C=O) groups excluding carboxylic acids is 2. The van der Waals surface area contributed by atoms with Crippen molar-refractivity contribution in [2.45, 2.75) is 64.6 Å². The van der Waals surface area contributed by atoms with Crippen LogP contribution in [-0.4, -0.2) is 43.3 Å². The molecule has 3 aromatic carbocycles. The number of hydrogen-bond acceptors (Lipinski definition) is 4. The lowest BCUT2D eigenvalue weighted by Gasteiger charge is -2.34. The van der Waals surface area contributed by atoms with Gasteiger partial charge in [-0.2, -0.15) is 0 Å². The Morgan fingerprint density at radius 3 is 2.13 bits per heavy atom. The molecule has 2 amide bonds. The molecule has 0 saturated heterocycles. The van der Waals surface area contributed by atoms with E-state index in [-0.39, 0.29) is 17.3 Å². The molecule has 1 N–H and O–H groups in total. The second kappa shape index (κ2) is 12.2. The van der Waals surface area contributed by atoms with Crippen LogP contribution in [0, 0.1) is 13.8 Å². The van der Waals surface area contributed by atoms with E-state index in [0.717, 1.165) is 21.0 Å². The van der Waals surface area contributed by atoms with E-state index in [9.17, 15) is 18.0 Å². The quantitative estimate of drug-likeness (QED) is 0.369. The molecule has 0 aromatic heterocycles. The average molecular weight is 570 g/mol. The molecule has 0 heterocycles. The summed E-state index contributed by atoms with van der Waals surface area (Å²) in [4.78, 5) is 28.6. The maximum absolute atomic E-state index is 14.0. The Morgan fingerprint density at radius 1 is 0.923 bits per heavy atom. The third kappa shape index (κ3) is 7.61. The number of halogens is 1. The number of aryl methyl sites for hydroxylation is 1. The van der Waals surface area contributed by atoms with Crippen LogP contribution in [0.15, 0.2) is 77.7 Å². The minimum atomic E-state index is -4.11. The Labute approximate surface area is 236 Å². The second-order valence-corrected chi connectivity index (χ2v) is 12.9. The highest BCUT2D eigenvalue weighted by atomic mass is 35.5. The molecule has 0 radical (unpaired) electrons. The lowest BCUT2D eigenvalue weighted by atomic mass is 10.1. The first-order valence-electron chi connectivity index (χ1n) is 12.7. The summed E-state index contributed by atoms with van der Waals surface area (Å²) in [5.74, 6) is -0.851. The van der Waals surface area contributed by atoms with Crippen molar-refractivity contribution in [2.24, 2.45) is 0 Å². The second-order valence-electron chi connectivity index (χ2n) is 10.6. The third-order valence-corrected chi connectivity index (χ3v) is 8.41. The zero-order valence-electron chi connectivity index (χ0n) is 23.2. The summed E-state index contributed by atoms with van der Waals surface area (Å²) < 4.78 is 28.9. The van der Waals surface area contributed by atoms with E-state index in [4.69, 9.17) is 11.6 Å². The van der Waals surface area contributed by atoms with E-state index in [1.807, 2.05) is 40.7 Å². The van der Waals surface area contributed by atoms with Crippen LogP contribution in [0.25, 0.3) is 0 Å². The Balaban J connectivity index is 2.06. The molecular weight excluding hydrogens is 534 g/mol. The molecular formula is C30H36ClN3O4S. The fourth-order valence-corrected chi connectivity index (χ4v) is 5.70. The minimum absolute atomic E-state index is 0.0708. The molecule has 0 unspecified atom stereocenters. The van der Waals surface area contributed by atoms with Crippen LogP contribution >= 0.6 is 11.6 Å². The maximum Gasteiger partial charge on any atom is 0.264 e. The number of benzene rings is 3. The van der Waals surface area contributed by atoms with Crippen molar-refractivity contribution in [3.63, 3.8) is 0 Å². The molecule has 7 nitrogen and oxygen atoms in total. The molecule has 0 aliphatic rings. The summed E-state index contributed by atoms with van der Waals surface area (Å²) in [5.41, 5.74) is 2.29. The highest BCUT2D eigenvalue weighted by Gasteiger charge is 2.34. The number of nitrogens with zero attached hydrogens (tertiary/aromatic N) is 2. The van der Waals surface area contributed by atoms with Gasteiger partial charge >= 0.3 is 0 Å². The first-order valence-corrected chi connectivity index (χ1v) is 14.5. The summed E-state index contributed by atoms with van der Waals surface area (Å²) in [7, 11) is -4.11. The molecule has 3 aromatic rings. The molecule has 0 bridgehead atoms. The van der Waals surface area contributed by atoms with Gasteiger partial charge in [-0.15, -0.1) is 0 Å². The standard InChI is InChI=1S/C30H36ClN3O4S/c1-21-11-10-14-27(22(21)2)34(39(37,38)26-12-8-7-9-13-26)20-28(35)33(19-24-15-17-25(31)18-16-24)23(3)29(36)32-30(4,5)6/h7-18,23H,19-20H2,1-6H3,(H,32,36)/t23-/m0/s1. The van der Waals surface area contributed by atoms with Gasteiger partial charge in [0.2, 0.25) is 11.8 Å². The average Bonchev–Trinajstić information content (AvgIpc) is 2.87. The zero-order chi connectivity index (χ0) is 29.0. The molecule has 208 valence electrons. The van der Waals surface area contributed by atoms with Gasteiger partial charge in [-0.25, -0.2) is 8.42 Å². The van der Waals surface area contributed by atoms with Gasteiger partial charge in [0, 0.05) is 17.1 Å². The van der Waals surface area contributed by atoms with E-state index >= 15 is 0 Å². The van der Waals surface area contributed by atoms with Crippen molar-refractivity contribution in [2.75, 3.05) is 10.8 Å². The monoisotopic (exact) mass is 569 g/mol. The first kappa shape index (κ1) is 30.2. The van der Waals surface area contributed by atoms with Crippen LogP contribution in [0.3, 0.4) is 0 Å². The maximum atomic E-state index is 14.0. The van der Waals surface area contributed by atoms with Gasteiger partial charge in [-0.1, -0.05) is 54.1 Å². The first-order chi connectivity index (χ1) is 18.2. The molecule has 0 aliphatic carbocycles. The molecule has 0 spiro atoms. The van der Waals surface area contributed by atoms with Crippen molar-refractivity contribution in [3.8, 4) is 0 Å². The largest absolute Gasteiger partial charge is 0.350 e.